The minimum absolute atomic E-state index is 0.0784. The Kier molecular flexibility index (Phi) is 8.01. The van der Waals surface area contributed by atoms with E-state index in [1.165, 1.54) is 28.7 Å². The van der Waals surface area contributed by atoms with Crippen LogP contribution in [0.15, 0.2) is 106 Å². The molecule has 4 aromatic rings. The summed E-state index contributed by atoms with van der Waals surface area (Å²) in [6, 6.07) is 26.0. The van der Waals surface area contributed by atoms with Crippen LogP contribution in [0.1, 0.15) is 21.5 Å². The molecule has 0 spiro atoms. The van der Waals surface area contributed by atoms with Gasteiger partial charge in [-0.2, -0.15) is 11.3 Å². The molecule has 1 aliphatic heterocycles. The topological polar surface area (TPSA) is 78.5 Å². The molecular weight excluding hydrogens is 514 g/mol. The zero-order valence-electron chi connectivity index (χ0n) is 20.4. The van der Waals surface area contributed by atoms with Gasteiger partial charge < -0.3 is 15.5 Å². The van der Waals surface area contributed by atoms with Crippen LogP contribution in [0.5, 0.6) is 0 Å². The molecule has 0 radical (unpaired) electrons. The average molecular weight is 540 g/mol. The van der Waals surface area contributed by atoms with Crippen LogP contribution in [0.2, 0.25) is 0 Å². The molecule has 0 saturated carbocycles. The van der Waals surface area contributed by atoms with E-state index in [0.717, 1.165) is 22.6 Å². The first-order valence-electron chi connectivity index (χ1n) is 12.1. The molecule has 0 saturated heterocycles. The van der Waals surface area contributed by atoms with Crippen LogP contribution in [-0.4, -0.2) is 30.0 Å². The lowest BCUT2D eigenvalue weighted by atomic mass is 10.2. The minimum Gasteiger partial charge on any atom is -0.321 e. The quantitative estimate of drug-likeness (QED) is 0.218. The van der Waals surface area contributed by atoms with Crippen LogP contribution < -0.4 is 15.5 Å². The average Bonchev–Trinajstić information content (AvgIpc) is 3.63. The maximum atomic E-state index is 13.1. The molecule has 0 aliphatic carbocycles. The second kappa shape index (κ2) is 11.9. The Labute approximate surface area is 229 Å². The third-order valence-corrected chi connectivity index (χ3v) is 7.74. The molecular formula is C30H25N3O3S2. The smallest absolute Gasteiger partial charge is 0.272 e. The molecule has 0 unspecified atom stereocenters. The number of benzene rings is 3. The van der Waals surface area contributed by atoms with Crippen molar-refractivity contribution in [3.05, 3.63) is 118 Å². The van der Waals surface area contributed by atoms with Gasteiger partial charge >= 0.3 is 0 Å². The van der Waals surface area contributed by atoms with Crippen LogP contribution >= 0.6 is 23.1 Å². The molecule has 0 atom stereocenters. The van der Waals surface area contributed by atoms with Crippen LogP contribution in [0, 0.1) is 0 Å². The van der Waals surface area contributed by atoms with Crippen LogP contribution in [0.4, 0.5) is 11.4 Å². The van der Waals surface area contributed by atoms with Crippen molar-refractivity contribution in [1.82, 2.24) is 5.32 Å². The number of anilines is 2. The number of para-hydroxylation sites is 1. The minimum atomic E-state index is -0.427. The fraction of sp³-hybridized carbons (Fsp3) is 0.100. The number of fused-ring (bicyclic) bond motifs is 1. The highest BCUT2D eigenvalue weighted by Crippen LogP contribution is 2.29. The van der Waals surface area contributed by atoms with Crippen molar-refractivity contribution in [2.24, 2.45) is 0 Å². The Balaban J connectivity index is 1.21. The molecule has 1 aliphatic rings. The molecule has 2 heterocycles. The summed E-state index contributed by atoms with van der Waals surface area (Å²) in [6.45, 7) is 0.714. The zero-order chi connectivity index (χ0) is 26.3. The first-order valence-corrected chi connectivity index (χ1v) is 14.0. The van der Waals surface area contributed by atoms with Crippen LogP contribution in [-0.2, 0) is 16.0 Å². The first-order chi connectivity index (χ1) is 18.6. The first kappa shape index (κ1) is 25.5. The number of hydrogen-bond acceptors (Lipinski definition) is 5. The molecule has 6 nitrogen and oxygen atoms in total. The predicted molar refractivity (Wildman–Crippen MR) is 154 cm³/mol. The number of thiophene rings is 1. The number of amides is 3. The normalized spacial score (nSPS) is 12.6. The highest BCUT2D eigenvalue weighted by molar-refractivity contribution is 8.00. The van der Waals surface area contributed by atoms with Gasteiger partial charge in [-0.05, 0) is 82.9 Å². The van der Waals surface area contributed by atoms with Gasteiger partial charge in [0.1, 0.15) is 5.70 Å². The standard InChI is InChI=1S/C30H25N3O3S2/c34-28(33-16-14-22-6-4-5-9-27(22)33)20-38-25-12-10-24(11-13-25)31-30(36)26(18-21-15-17-37-19-21)32-29(35)23-7-2-1-3-8-23/h1-13,15,17-19H,14,16,20H2,(H,31,36)(H,32,35)/b26-18-. The fourth-order valence-corrected chi connectivity index (χ4v) is 5.51. The molecule has 8 heteroatoms. The molecule has 38 heavy (non-hydrogen) atoms. The molecule has 190 valence electrons. The SMILES string of the molecule is O=C(Nc1ccc(SCC(=O)N2CCc3ccccc32)cc1)/C(=C/c1ccsc1)NC(=O)c1ccccc1. The van der Waals surface area contributed by atoms with Crippen LogP contribution in [0.3, 0.4) is 0 Å². The Bertz CT molecular complexity index is 1470. The summed E-state index contributed by atoms with van der Waals surface area (Å²) in [6.07, 6.45) is 2.54. The number of nitrogens with zero attached hydrogens (tertiary/aromatic N) is 1. The zero-order valence-corrected chi connectivity index (χ0v) is 22.1. The Morgan fingerprint density at radius 2 is 1.68 bits per heavy atom. The van der Waals surface area contributed by atoms with E-state index in [2.05, 4.69) is 16.7 Å². The van der Waals surface area contributed by atoms with Crippen LogP contribution in [0.25, 0.3) is 6.08 Å². The largest absolute Gasteiger partial charge is 0.321 e. The number of thioether (sulfide) groups is 1. The van der Waals surface area contributed by atoms with Crippen molar-refractivity contribution in [2.45, 2.75) is 11.3 Å². The molecule has 2 N–H and O–H groups in total. The van der Waals surface area contributed by atoms with Gasteiger partial charge in [0, 0.05) is 28.4 Å². The lowest BCUT2D eigenvalue weighted by molar-refractivity contribution is -0.116. The summed E-state index contributed by atoms with van der Waals surface area (Å²) in [7, 11) is 0. The van der Waals surface area contributed by atoms with Crippen molar-refractivity contribution in [1.29, 1.82) is 0 Å². The van der Waals surface area contributed by atoms with Gasteiger partial charge in [-0.15, -0.1) is 11.8 Å². The van der Waals surface area contributed by atoms with Crippen molar-refractivity contribution in [3.8, 4) is 0 Å². The summed E-state index contributed by atoms with van der Waals surface area (Å²) < 4.78 is 0. The lowest BCUT2D eigenvalue weighted by Crippen LogP contribution is -2.30. The van der Waals surface area contributed by atoms with E-state index in [1.54, 1.807) is 42.5 Å². The maximum Gasteiger partial charge on any atom is 0.272 e. The van der Waals surface area contributed by atoms with Crippen molar-refractivity contribution in [2.75, 3.05) is 22.5 Å². The Hall–Kier alpha value is -4.14. The van der Waals surface area contributed by atoms with Crippen molar-refractivity contribution >= 4 is 58.3 Å². The van der Waals surface area contributed by atoms with E-state index >= 15 is 0 Å². The van der Waals surface area contributed by atoms with Gasteiger partial charge in [-0.25, -0.2) is 0 Å². The second-order valence-electron chi connectivity index (χ2n) is 8.63. The highest BCUT2D eigenvalue weighted by Gasteiger charge is 2.24. The number of rotatable bonds is 8. The van der Waals surface area contributed by atoms with Crippen molar-refractivity contribution < 1.29 is 14.4 Å². The van der Waals surface area contributed by atoms with E-state index in [-0.39, 0.29) is 17.5 Å². The van der Waals surface area contributed by atoms with Gasteiger partial charge in [-0.1, -0.05) is 36.4 Å². The summed E-state index contributed by atoms with van der Waals surface area (Å²) in [5, 5.41) is 9.40. The van der Waals surface area contributed by atoms with Gasteiger partial charge in [0.2, 0.25) is 5.91 Å². The number of carbonyl (C=O) groups is 3. The molecule has 3 amide bonds. The third kappa shape index (κ3) is 6.22. The fourth-order valence-electron chi connectivity index (χ4n) is 4.12. The van der Waals surface area contributed by atoms with Gasteiger partial charge in [-0.3, -0.25) is 14.4 Å². The molecule has 0 fully saturated rings. The van der Waals surface area contributed by atoms with E-state index < -0.39 is 5.91 Å². The second-order valence-corrected chi connectivity index (χ2v) is 10.5. The van der Waals surface area contributed by atoms with Crippen molar-refractivity contribution in [3.63, 3.8) is 0 Å². The monoisotopic (exact) mass is 539 g/mol. The molecule has 1 aromatic heterocycles. The molecule has 5 rings (SSSR count). The summed E-state index contributed by atoms with van der Waals surface area (Å²) >= 11 is 2.97. The predicted octanol–water partition coefficient (Wildman–Crippen LogP) is 5.84. The summed E-state index contributed by atoms with van der Waals surface area (Å²) in [5.74, 6) is -0.378. The van der Waals surface area contributed by atoms with Gasteiger partial charge in [0.25, 0.3) is 11.8 Å². The van der Waals surface area contributed by atoms with E-state index in [0.29, 0.717) is 23.5 Å². The van der Waals surface area contributed by atoms with Gasteiger partial charge in [0.15, 0.2) is 0 Å². The number of carbonyl (C=O) groups excluding carboxylic acids is 3. The Morgan fingerprint density at radius 3 is 2.45 bits per heavy atom. The van der Waals surface area contributed by atoms with E-state index in [1.807, 2.05) is 58.1 Å². The summed E-state index contributed by atoms with van der Waals surface area (Å²) in [4.78, 5) is 41.4. The maximum absolute atomic E-state index is 13.1. The third-order valence-electron chi connectivity index (χ3n) is 6.05. The lowest BCUT2D eigenvalue weighted by Gasteiger charge is -2.17. The number of hydrogen-bond donors (Lipinski definition) is 2. The van der Waals surface area contributed by atoms with E-state index in [4.69, 9.17) is 0 Å². The Morgan fingerprint density at radius 1 is 0.921 bits per heavy atom. The summed E-state index contributed by atoms with van der Waals surface area (Å²) in [5.41, 5.74) is 4.23. The molecule has 3 aromatic carbocycles. The van der Waals surface area contributed by atoms with E-state index in [9.17, 15) is 14.4 Å². The highest BCUT2D eigenvalue weighted by atomic mass is 32.2. The number of nitrogens with one attached hydrogen (secondary N) is 2. The van der Waals surface area contributed by atoms with Gasteiger partial charge in [0.05, 0.1) is 5.75 Å². The molecule has 0 bridgehead atoms.